The van der Waals surface area contributed by atoms with Crippen LogP contribution in [-0.2, 0) is 0 Å². The molecule has 3 aromatic carbocycles. The fourth-order valence-electron chi connectivity index (χ4n) is 5.25. The second kappa shape index (κ2) is 9.96. The van der Waals surface area contributed by atoms with Crippen LogP contribution >= 0.6 is 0 Å². The summed E-state index contributed by atoms with van der Waals surface area (Å²) in [6.45, 7) is 10.7. The molecule has 4 heteroatoms. The third-order valence-electron chi connectivity index (χ3n) is 7.10. The van der Waals surface area contributed by atoms with Crippen LogP contribution in [0.4, 0.5) is 0 Å². The number of nitrogens with one attached hydrogen (secondary N) is 1. The third-order valence-corrected chi connectivity index (χ3v) is 7.10. The Morgan fingerprint density at radius 1 is 0.735 bits per heavy atom. The molecular formula is C30H34N4. The van der Waals surface area contributed by atoms with Gasteiger partial charge >= 0.3 is 0 Å². The van der Waals surface area contributed by atoms with Crippen molar-refractivity contribution in [2.75, 3.05) is 26.2 Å². The van der Waals surface area contributed by atoms with E-state index >= 15 is 0 Å². The summed E-state index contributed by atoms with van der Waals surface area (Å²) in [5.41, 5.74) is 7.45. The van der Waals surface area contributed by atoms with Crippen molar-refractivity contribution in [1.82, 2.24) is 19.8 Å². The summed E-state index contributed by atoms with van der Waals surface area (Å²) in [6.07, 6.45) is 0. The Labute approximate surface area is 203 Å². The van der Waals surface area contributed by atoms with Crippen molar-refractivity contribution in [3.8, 4) is 11.4 Å². The summed E-state index contributed by atoms with van der Waals surface area (Å²) in [6, 6.07) is 30.9. The van der Waals surface area contributed by atoms with Crippen LogP contribution in [0.25, 0.3) is 11.4 Å². The zero-order chi connectivity index (χ0) is 23.5. The molecule has 1 aromatic heterocycles. The predicted octanol–water partition coefficient (Wildman–Crippen LogP) is 6.16. The van der Waals surface area contributed by atoms with Crippen molar-refractivity contribution in [2.24, 2.45) is 0 Å². The normalized spacial score (nSPS) is 16.1. The Balaban J connectivity index is 1.32. The Morgan fingerprint density at radius 2 is 1.32 bits per heavy atom. The molecule has 4 aromatic rings. The molecule has 4 nitrogen and oxygen atoms in total. The van der Waals surface area contributed by atoms with Crippen LogP contribution in [0, 0.1) is 13.8 Å². The van der Waals surface area contributed by atoms with E-state index in [-0.39, 0.29) is 6.04 Å². The molecule has 0 bridgehead atoms. The molecule has 1 saturated heterocycles. The van der Waals surface area contributed by atoms with Gasteiger partial charge in [0.05, 0.1) is 17.8 Å². The Kier molecular flexibility index (Phi) is 6.61. The number of hydrogen-bond donors (Lipinski definition) is 1. The minimum Gasteiger partial charge on any atom is -0.342 e. The van der Waals surface area contributed by atoms with Crippen LogP contribution in [0.1, 0.15) is 47.1 Å². The van der Waals surface area contributed by atoms with Crippen LogP contribution in [0.5, 0.6) is 0 Å². The van der Waals surface area contributed by atoms with Crippen LogP contribution < -0.4 is 0 Å². The number of H-pyrrole nitrogens is 1. The first-order chi connectivity index (χ1) is 16.6. The number of rotatable bonds is 6. The lowest BCUT2D eigenvalue weighted by molar-refractivity contribution is 0.0826. The van der Waals surface area contributed by atoms with Crippen LogP contribution in [-0.4, -0.2) is 45.9 Å². The van der Waals surface area contributed by atoms with Crippen molar-refractivity contribution in [1.29, 1.82) is 0 Å². The van der Waals surface area contributed by atoms with Gasteiger partial charge in [0.15, 0.2) is 0 Å². The van der Waals surface area contributed by atoms with Gasteiger partial charge in [0.2, 0.25) is 0 Å². The average molecular weight is 451 g/mol. The molecule has 0 saturated carbocycles. The molecule has 5 rings (SSSR count). The average Bonchev–Trinajstić information content (AvgIpc) is 3.27. The van der Waals surface area contributed by atoms with Crippen LogP contribution in [0.15, 0.2) is 84.9 Å². The van der Waals surface area contributed by atoms with Gasteiger partial charge in [-0.3, -0.25) is 9.80 Å². The minimum absolute atomic E-state index is 0.281. The number of benzene rings is 3. The Bertz CT molecular complexity index is 1170. The monoisotopic (exact) mass is 450 g/mol. The van der Waals surface area contributed by atoms with E-state index < -0.39 is 0 Å². The van der Waals surface area contributed by atoms with Crippen LogP contribution in [0.2, 0.25) is 0 Å². The second-order valence-corrected chi connectivity index (χ2v) is 9.44. The molecule has 1 N–H and O–H groups in total. The van der Waals surface area contributed by atoms with E-state index in [0.29, 0.717) is 6.04 Å². The number of hydrogen-bond acceptors (Lipinski definition) is 3. The lowest BCUT2D eigenvalue weighted by atomic mass is 9.96. The van der Waals surface area contributed by atoms with Crippen molar-refractivity contribution in [3.05, 3.63) is 113 Å². The van der Waals surface area contributed by atoms with Gasteiger partial charge in [-0.2, -0.15) is 0 Å². The molecule has 2 heterocycles. The zero-order valence-electron chi connectivity index (χ0n) is 20.4. The van der Waals surface area contributed by atoms with Gasteiger partial charge in [-0.05, 0) is 38.0 Å². The van der Waals surface area contributed by atoms with E-state index in [1.165, 1.54) is 16.7 Å². The standard InChI is InChI=1S/C30H34N4/c1-22-11-10-16-27(21-22)30-31-23(2)28(32-30)24(3)33-17-19-34(20-18-33)29(25-12-6-4-7-13-25)26-14-8-5-9-15-26/h4-16,21,24,29H,17-20H2,1-3H3,(H,31,32). The van der Waals surface area contributed by atoms with Gasteiger partial charge in [0.25, 0.3) is 0 Å². The molecule has 0 amide bonds. The Morgan fingerprint density at radius 3 is 1.91 bits per heavy atom. The summed E-state index contributed by atoms with van der Waals surface area (Å²) < 4.78 is 0. The lowest BCUT2D eigenvalue weighted by Gasteiger charge is -2.41. The fraction of sp³-hybridized carbons (Fsp3) is 0.300. The van der Waals surface area contributed by atoms with E-state index in [1.807, 2.05) is 0 Å². The van der Waals surface area contributed by atoms with Crippen molar-refractivity contribution in [2.45, 2.75) is 32.9 Å². The van der Waals surface area contributed by atoms with Gasteiger partial charge in [-0.15, -0.1) is 0 Å². The second-order valence-electron chi connectivity index (χ2n) is 9.44. The third kappa shape index (κ3) is 4.70. The maximum Gasteiger partial charge on any atom is 0.137 e. The van der Waals surface area contributed by atoms with Crippen molar-refractivity contribution in [3.63, 3.8) is 0 Å². The van der Waals surface area contributed by atoms with Gasteiger partial charge in [-0.1, -0.05) is 84.4 Å². The molecular weight excluding hydrogens is 416 g/mol. The summed E-state index contributed by atoms with van der Waals surface area (Å²) >= 11 is 0. The molecule has 1 unspecified atom stereocenters. The van der Waals surface area contributed by atoms with E-state index in [2.05, 4.69) is 120 Å². The predicted molar refractivity (Wildman–Crippen MR) is 140 cm³/mol. The summed E-state index contributed by atoms with van der Waals surface area (Å²) in [7, 11) is 0. The quantitative estimate of drug-likeness (QED) is 0.382. The first kappa shape index (κ1) is 22.6. The number of aryl methyl sites for hydroxylation is 2. The number of aromatic amines is 1. The van der Waals surface area contributed by atoms with Gasteiger partial charge in [0.1, 0.15) is 5.82 Å². The molecule has 0 spiro atoms. The summed E-state index contributed by atoms with van der Waals surface area (Å²) in [5.74, 6) is 0.968. The molecule has 0 aliphatic carbocycles. The maximum absolute atomic E-state index is 5.03. The lowest BCUT2D eigenvalue weighted by Crippen LogP contribution is -2.48. The molecule has 34 heavy (non-hydrogen) atoms. The van der Waals surface area contributed by atoms with Gasteiger partial charge in [0, 0.05) is 37.4 Å². The number of aromatic nitrogens is 2. The SMILES string of the molecule is Cc1cccc(-c2nc(C(C)N3CCN(C(c4ccccc4)c4ccccc4)CC3)c(C)[nH]2)c1. The van der Waals surface area contributed by atoms with E-state index in [1.54, 1.807) is 0 Å². The first-order valence-corrected chi connectivity index (χ1v) is 12.3. The minimum atomic E-state index is 0.281. The van der Waals surface area contributed by atoms with E-state index in [9.17, 15) is 0 Å². The summed E-state index contributed by atoms with van der Waals surface area (Å²) in [5, 5.41) is 0. The Hall–Kier alpha value is -3.21. The highest BCUT2D eigenvalue weighted by Gasteiger charge is 2.29. The van der Waals surface area contributed by atoms with Gasteiger partial charge < -0.3 is 4.98 Å². The molecule has 1 aliphatic rings. The topological polar surface area (TPSA) is 35.2 Å². The highest BCUT2D eigenvalue weighted by Crippen LogP contribution is 2.32. The maximum atomic E-state index is 5.03. The summed E-state index contributed by atoms with van der Waals surface area (Å²) in [4.78, 5) is 13.8. The molecule has 1 atom stereocenters. The van der Waals surface area contributed by atoms with E-state index in [4.69, 9.17) is 4.98 Å². The highest BCUT2D eigenvalue weighted by atomic mass is 15.3. The van der Waals surface area contributed by atoms with Crippen molar-refractivity contribution >= 4 is 0 Å². The van der Waals surface area contributed by atoms with Gasteiger partial charge in [-0.25, -0.2) is 4.98 Å². The number of imidazole rings is 1. The molecule has 0 radical (unpaired) electrons. The number of nitrogens with zero attached hydrogens (tertiary/aromatic N) is 3. The fourth-order valence-corrected chi connectivity index (χ4v) is 5.25. The first-order valence-electron chi connectivity index (χ1n) is 12.3. The zero-order valence-corrected chi connectivity index (χ0v) is 20.4. The molecule has 174 valence electrons. The molecule has 1 aliphatic heterocycles. The molecule has 1 fully saturated rings. The highest BCUT2D eigenvalue weighted by molar-refractivity contribution is 5.57. The van der Waals surface area contributed by atoms with Crippen molar-refractivity contribution < 1.29 is 0 Å². The van der Waals surface area contributed by atoms with Crippen LogP contribution in [0.3, 0.4) is 0 Å². The smallest absolute Gasteiger partial charge is 0.137 e. The largest absolute Gasteiger partial charge is 0.342 e. The van der Waals surface area contributed by atoms with E-state index in [0.717, 1.165) is 49.0 Å². The number of piperazine rings is 1.